The number of benzene rings is 1. The number of furan rings is 1. The van der Waals surface area contributed by atoms with Crippen LogP contribution in [0.1, 0.15) is 44.3 Å². The molecule has 22 heavy (non-hydrogen) atoms. The van der Waals surface area contributed by atoms with Crippen molar-refractivity contribution in [3.8, 4) is 0 Å². The van der Waals surface area contributed by atoms with E-state index in [-0.39, 0.29) is 5.41 Å². The van der Waals surface area contributed by atoms with Crippen LogP contribution >= 0.6 is 11.6 Å². The third-order valence-electron chi connectivity index (χ3n) is 4.15. The Kier molecular flexibility index (Phi) is 5.71. The van der Waals surface area contributed by atoms with Crippen molar-refractivity contribution in [1.29, 1.82) is 0 Å². The molecule has 2 nitrogen and oxygen atoms in total. The van der Waals surface area contributed by atoms with Gasteiger partial charge in [-0.25, -0.2) is 0 Å². The predicted molar refractivity (Wildman–Crippen MR) is 92.5 cm³/mol. The van der Waals surface area contributed by atoms with Crippen LogP contribution in [0.5, 0.6) is 0 Å². The summed E-state index contributed by atoms with van der Waals surface area (Å²) in [6.45, 7) is 9.90. The summed E-state index contributed by atoms with van der Waals surface area (Å²) in [4.78, 5) is 0. The Bertz CT molecular complexity index is 586. The summed E-state index contributed by atoms with van der Waals surface area (Å²) in [6.07, 6.45) is 2.17. The van der Waals surface area contributed by atoms with E-state index >= 15 is 0 Å². The Hall–Kier alpha value is -1.25. The third kappa shape index (κ3) is 4.89. The number of hydrogen-bond acceptors (Lipinski definition) is 1. The van der Waals surface area contributed by atoms with E-state index < -0.39 is 0 Å². The second-order valence-corrected chi connectivity index (χ2v) is 7.31. The smallest absolute Gasteiger partial charge is 0.109 e. The van der Waals surface area contributed by atoms with E-state index in [1.807, 2.05) is 25.1 Å². The van der Waals surface area contributed by atoms with Crippen LogP contribution in [0.2, 0.25) is 5.02 Å². The molecule has 1 heterocycles. The van der Waals surface area contributed by atoms with Gasteiger partial charge in [0, 0.05) is 23.3 Å². The molecule has 1 aromatic heterocycles. The predicted octanol–water partition coefficient (Wildman–Crippen LogP) is 4.10. The molecule has 2 aromatic rings. The van der Waals surface area contributed by atoms with E-state index in [0.29, 0.717) is 6.04 Å². The number of nitrogens with two attached hydrogens (primary N) is 1. The van der Waals surface area contributed by atoms with Crippen LogP contribution in [0, 0.1) is 6.92 Å². The number of aryl methyl sites for hydroxylation is 1. The van der Waals surface area contributed by atoms with E-state index in [2.05, 4.69) is 44.3 Å². The molecule has 0 bridgehead atoms. The van der Waals surface area contributed by atoms with Crippen LogP contribution in [0.3, 0.4) is 0 Å². The molecule has 0 fully saturated rings. The lowest BCUT2D eigenvalue weighted by Gasteiger charge is -2.25. The summed E-state index contributed by atoms with van der Waals surface area (Å²) in [6, 6.07) is 12.9. The zero-order valence-electron chi connectivity index (χ0n) is 14.0. The van der Waals surface area contributed by atoms with Gasteiger partial charge in [-0.15, -0.1) is 0 Å². The minimum Gasteiger partial charge on any atom is -0.466 e. The van der Waals surface area contributed by atoms with Gasteiger partial charge in [0.2, 0.25) is 0 Å². The van der Waals surface area contributed by atoms with Crippen molar-refractivity contribution < 1.29 is 9.73 Å². The molecule has 1 aromatic carbocycles. The minimum absolute atomic E-state index is 0.0739. The molecule has 0 radical (unpaired) electrons. The summed E-state index contributed by atoms with van der Waals surface area (Å²) >= 11 is 5.91. The standard InChI is InChI=1S/C19H26ClNO/c1-14(13-19(3,4)18-10-5-15(2)22-18)21-12-11-16-6-8-17(20)9-7-16/h5-10,14,21H,11-13H2,1-4H3/p+1/t14-/m1/s1. The van der Waals surface area contributed by atoms with Gasteiger partial charge < -0.3 is 9.73 Å². The van der Waals surface area contributed by atoms with Gasteiger partial charge >= 0.3 is 0 Å². The zero-order chi connectivity index (χ0) is 16.2. The highest BCUT2D eigenvalue weighted by Gasteiger charge is 2.27. The van der Waals surface area contributed by atoms with Crippen molar-refractivity contribution in [3.05, 3.63) is 58.5 Å². The Morgan fingerprint density at radius 2 is 1.82 bits per heavy atom. The first-order chi connectivity index (χ1) is 10.4. The van der Waals surface area contributed by atoms with Crippen LogP contribution < -0.4 is 5.32 Å². The van der Waals surface area contributed by atoms with Crippen LogP contribution in [-0.4, -0.2) is 12.6 Å². The molecule has 0 aliphatic heterocycles. The normalized spacial score (nSPS) is 13.3. The van der Waals surface area contributed by atoms with Crippen molar-refractivity contribution in [2.45, 2.75) is 52.0 Å². The SMILES string of the molecule is Cc1ccc(C(C)(C)C[C@@H](C)[NH2+]CCc2ccc(Cl)cc2)o1. The molecule has 0 saturated heterocycles. The summed E-state index contributed by atoms with van der Waals surface area (Å²) in [5, 5.41) is 3.23. The highest BCUT2D eigenvalue weighted by atomic mass is 35.5. The van der Waals surface area contributed by atoms with Gasteiger partial charge in [-0.1, -0.05) is 37.6 Å². The fourth-order valence-corrected chi connectivity index (χ4v) is 3.10. The largest absolute Gasteiger partial charge is 0.466 e. The molecule has 2 N–H and O–H groups in total. The van der Waals surface area contributed by atoms with Gasteiger partial charge in [-0.3, -0.25) is 0 Å². The van der Waals surface area contributed by atoms with Crippen molar-refractivity contribution in [2.75, 3.05) is 6.54 Å². The van der Waals surface area contributed by atoms with E-state index in [4.69, 9.17) is 16.0 Å². The first-order valence-corrected chi connectivity index (χ1v) is 8.39. The topological polar surface area (TPSA) is 29.8 Å². The maximum Gasteiger partial charge on any atom is 0.109 e. The zero-order valence-corrected chi connectivity index (χ0v) is 14.8. The van der Waals surface area contributed by atoms with Crippen molar-refractivity contribution in [3.63, 3.8) is 0 Å². The van der Waals surface area contributed by atoms with Gasteiger partial charge in [0.1, 0.15) is 11.5 Å². The summed E-state index contributed by atoms with van der Waals surface area (Å²) in [7, 11) is 0. The van der Waals surface area contributed by atoms with E-state index in [1.54, 1.807) is 0 Å². The first kappa shape index (κ1) is 17.1. The maximum atomic E-state index is 5.91. The molecule has 0 aliphatic carbocycles. The summed E-state index contributed by atoms with van der Waals surface area (Å²) < 4.78 is 5.81. The van der Waals surface area contributed by atoms with Crippen molar-refractivity contribution in [2.24, 2.45) is 0 Å². The van der Waals surface area contributed by atoms with Gasteiger partial charge in [0.05, 0.1) is 12.6 Å². The number of halogens is 1. The monoisotopic (exact) mass is 320 g/mol. The van der Waals surface area contributed by atoms with E-state index in [1.165, 1.54) is 5.56 Å². The molecule has 3 heteroatoms. The Morgan fingerprint density at radius 1 is 1.14 bits per heavy atom. The van der Waals surface area contributed by atoms with E-state index in [9.17, 15) is 0 Å². The third-order valence-corrected chi connectivity index (χ3v) is 4.41. The van der Waals surface area contributed by atoms with Crippen molar-refractivity contribution in [1.82, 2.24) is 0 Å². The second kappa shape index (κ2) is 7.34. The molecule has 0 amide bonds. The quantitative estimate of drug-likeness (QED) is 0.817. The average Bonchev–Trinajstić information content (AvgIpc) is 2.88. The van der Waals surface area contributed by atoms with Gasteiger partial charge in [0.15, 0.2) is 0 Å². The lowest BCUT2D eigenvalue weighted by molar-refractivity contribution is -0.687. The molecule has 120 valence electrons. The molecular weight excluding hydrogens is 294 g/mol. The first-order valence-electron chi connectivity index (χ1n) is 8.01. The molecule has 1 atom stereocenters. The van der Waals surface area contributed by atoms with E-state index in [0.717, 1.165) is 35.9 Å². The molecular formula is C19H27ClNO+. The Labute approximate surface area is 138 Å². The average molecular weight is 321 g/mol. The fraction of sp³-hybridized carbons (Fsp3) is 0.474. The number of quaternary nitrogens is 1. The second-order valence-electron chi connectivity index (χ2n) is 6.88. The number of hydrogen-bond donors (Lipinski definition) is 1. The summed E-state index contributed by atoms with van der Waals surface area (Å²) in [5.41, 5.74) is 1.42. The van der Waals surface area contributed by atoms with Gasteiger partial charge in [0.25, 0.3) is 0 Å². The number of rotatable bonds is 7. The summed E-state index contributed by atoms with van der Waals surface area (Å²) in [5.74, 6) is 2.07. The maximum absolute atomic E-state index is 5.91. The van der Waals surface area contributed by atoms with Crippen LogP contribution in [0.4, 0.5) is 0 Å². The lowest BCUT2D eigenvalue weighted by atomic mass is 9.83. The Balaban J connectivity index is 1.80. The van der Waals surface area contributed by atoms with Gasteiger partial charge in [-0.2, -0.15) is 0 Å². The molecule has 2 rings (SSSR count). The Morgan fingerprint density at radius 3 is 2.41 bits per heavy atom. The highest BCUT2D eigenvalue weighted by Crippen LogP contribution is 2.29. The lowest BCUT2D eigenvalue weighted by Crippen LogP contribution is -2.90. The molecule has 0 saturated carbocycles. The minimum atomic E-state index is 0.0739. The molecule has 0 spiro atoms. The highest BCUT2D eigenvalue weighted by molar-refractivity contribution is 6.30. The van der Waals surface area contributed by atoms with Crippen molar-refractivity contribution >= 4 is 11.6 Å². The van der Waals surface area contributed by atoms with Crippen LogP contribution in [0.25, 0.3) is 0 Å². The molecule has 0 aliphatic rings. The van der Waals surface area contributed by atoms with Crippen LogP contribution in [-0.2, 0) is 11.8 Å². The fourth-order valence-electron chi connectivity index (χ4n) is 2.97. The van der Waals surface area contributed by atoms with Gasteiger partial charge in [-0.05, 0) is 43.7 Å². The van der Waals surface area contributed by atoms with Crippen LogP contribution in [0.15, 0.2) is 40.8 Å². The molecule has 0 unspecified atom stereocenters.